The van der Waals surface area contributed by atoms with Crippen LogP contribution >= 0.6 is 0 Å². The highest BCUT2D eigenvalue weighted by Crippen LogP contribution is 2.06. The maximum atomic E-state index is 11.8. The Morgan fingerprint density at radius 3 is 2.52 bits per heavy atom. The van der Waals surface area contributed by atoms with Crippen LogP contribution in [-0.2, 0) is 4.79 Å². The maximum absolute atomic E-state index is 11.8. The summed E-state index contributed by atoms with van der Waals surface area (Å²) in [5.41, 5.74) is 0.449. The molecule has 0 radical (unpaired) electrons. The van der Waals surface area contributed by atoms with E-state index in [1.165, 1.54) is 0 Å². The number of hydrogen-bond acceptors (Lipinski definition) is 3. The summed E-state index contributed by atoms with van der Waals surface area (Å²) in [7, 11) is 0. The topological polar surface area (TPSA) is 84.2 Å². The Morgan fingerprint density at radius 1 is 1.24 bits per heavy atom. The molecule has 0 aliphatic carbocycles. The first-order valence-electron chi connectivity index (χ1n) is 7.56. The fraction of sp³-hybridized carbons (Fsp3) is 0.667. The van der Waals surface area contributed by atoms with Crippen LogP contribution in [0.15, 0.2) is 12.3 Å². The van der Waals surface area contributed by atoms with Gasteiger partial charge in [0.2, 0.25) is 0 Å². The first kappa shape index (κ1) is 17.2. The van der Waals surface area contributed by atoms with E-state index < -0.39 is 5.97 Å². The number of nitrogens with one attached hydrogen (secondary N) is 1. The molecule has 1 aromatic rings. The van der Waals surface area contributed by atoms with Crippen molar-refractivity contribution in [1.29, 1.82) is 0 Å². The zero-order valence-corrected chi connectivity index (χ0v) is 12.8. The molecule has 1 heterocycles. The lowest BCUT2D eigenvalue weighted by atomic mass is 10.1. The predicted octanol–water partition coefficient (Wildman–Crippen LogP) is 2.62. The van der Waals surface area contributed by atoms with Crippen molar-refractivity contribution in [2.75, 3.05) is 6.54 Å². The summed E-state index contributed by atoms with van der Waals surface area (Å²) in [6.07, 6.45) is 6.62. The number of carbonyl (C=O) groups is 2. The standard InChI is InChI=1S/C15H25N3O3/c1-12(2)18-11-9-13(17-18)15(21)16-10-7-5-3-4-6-8-14(19)20/h9,11-12H,3-8,10H2,1-2H3,(H,16,21)(H,19,20). The van der Waals surface area contributed by atoms with Gasteiger partial charge in [-0.15, -0.1) is 0 Å². The lowest BCUT2D eigenvalue weighted by Crippen LogP contribution is -2.25. The van der Waals surface area contributed by atoms with Gasteiger partial charge in [0, 0.05) is 25.2 Å². The van der Waals surface area contributed by atoms with Gasteiger partial charge < -0.3 is 10.4 Å². The third-order valence-electron chi connectivity index (χ3n) is 3.22. The number of aromatic nitrogens is 2. The van der Waals surface area contributed by atoms with Gasteiger partial charge in [-0.3, -0.25) is 14.3 Å². The second-order valence-electron chi connectivity index (χ2n) is 5.44. The SMILES string of the molecule is CC(C)n1ccc(C(=O)NCCCCCCCC(=O)O)n1. The second kappa shape index (κ2) is 9.15. The fourth-order valence-corrected chi connectivity index (χ4v) is 1.97. The Labute approximate surface area is 125 Å². The van der Waals surface area contributed by atoms with Crippen LogP contribution in [0, 0.1) is 0 Å². The van der Waals surface area contributed by atoms with Gasteiger partial charge in [0.15, 0.2) is 0 Å². The highest BCUT2D eigenvalue weighted by Gasteiger charge is 2.09. The number of carboxylic acid groups (broad SMARTS) is 1. The molecule has 0 saturated carbocycles. The second-order valence-corrected chi connectivity index (χ2v) is 5.44. The molecule has 6 heteroatoms. The third-order valence-corrected chi connectivity index (χ3v) is 3.22. The number of aliphatic carboxylic acids is 1. The van der Waals surface area contributed by atoms with E-state index in [0.717, 1.165) is 32.1 Å². The molecular weight excluding hydrogens is 270 g/mol. The van der Waals surface area contributed by atoms with E-state index in [9.17, 15) is 9.59 Å². The summed E-state index contributed by atoms with van der Waals surface area (Å²) in [5, 5.41) is 15.6. The first-order valence-corrected chi connectivity index (χ1v) is 7.56. The zero-order valence-electron chi connectivity index (χ0n) is 12.8. The van der Waals surface area contributed by atoms with Crippen molar-refractivity contribution in [2.24, 2.45) is 0 Å². The highest BCUT2D eigenvalue weighted by atomic mass is 16.4. The average Bonchev–Trinajstić information content (AvgIpc) is 2.91. The third kappa shape index (κ3) is 6.92. The quantitative estimate of drug-likeness (QED) is 0.650. The van der Waals surface area contributed by atoms with Crippen LogP contribution in [0.2, 0.25) is 0 Å². The minimum absolute atomic E-state index is 0.139. The van der Waals surface area contributed by atoms with Crippen LogP contribution in [0.25, 0.3) is 0 Å². The van der Waals surface area contributed by atoms with Gasteiger partial charge in [-0.25, -0.2) is 0 Å². The monoisotopic (exact) mass is 295 g/mol. The van der Waals surface area contributed by atoms with Crippen molar-refractivity contribution in [3.8, 4) is 0 Å². The number of nitrogens with zero attached hydrogens (tertiary/aromatic N) is 2. The molecule has 118 valence electrons. The van der Waals surface area contributed by atoms with Crippen molar-refractivity contribution in [1.82, 2.24) is 15.1 Å². The van der Waals surface area contributed by atoms with Gasteiger partial charge >= 0.3 is 5.97 Å². The number of carbonyl (C=O) groups excluding carboxylic acids is 1. The Kier molecular flexibility index (Phi) is 7.50. The van der Waals surface area contributed by atoms with E-state index in [1.54, 1.807) is 10.7 Å². The van der Waals surface area contributed by atoms with Gasteiger partial charge in [0.05, 0.1) is 0 Å². The molecule has 0 unspecified atom stereocenters. The van der Waals surface area contributed by atoms with Crippen molar-refractivity contribution in [2.45, 2.75) is 58.4 Å². The van der Waals surface area contributed by atoms with Crippen molar-refractivity contribution < 1.29 is 14.7 Å². The maximum Gasteiger partial charge on any atom is 0.303 e. The van der Waals surface area contributed by atoms with Crippen molar-refractivity contribution in [3.05, 3.63) is 18.0 Å². The van der Waals surface area contributed by atoms with Gasteiger partial charge in [-0.1, -0.05) is 19.3 Å². The molecule has 0 atom stereocenters. The van der Waals surface area contributed by atoms with Crippen LogP contribution in [0.4, 0.5) is 0 Å². The molecule has 0 saturated heterocycles. The van der Waals surface area contributed by atoms with Gasteiger partial charge in [0.1, 0.15) is 5.69 Å². The molecule has 0 aromatic carbocycles. The van der Waals surface area contributed by atoms with E-state index in [-0.39, 0.29) is 18.4 Å². The zero-order chi connectivity index (χ0) is 15.7. The summed E-state index contributed by atoms with van der Waals surface area (Å²) in [4.78, 5) is 22.2. The Hall–Kier alpha value is -1.85. The number of carboxylic acids is 1. The summed E-state index contributed by atoms with van der Waals surface area (Å²) < 4.78 is 1.76. The molecule has 1 rings (SSSR count). The Balaban J connectivity index is 2.09. The van der Waals surface area contributed by atoms with Gasteiger partial charge in [-0.05, 0) is 32.8 Å². The lowest BCUT2D eigenvalue weighted by Gasteiger charge is -2.05. The van der Waals surface area contributed by atoms with E-state index >= 15 is 0 Å². The summed E-state index contributed by atoms with van der Waals surface area (Å²) in [6, 6.07) is 1.97. The number of amides is 1. The van der Waals surface area contributed by atoms with Gasteiger partial charge in [0.25, 0.3) is 5.91 Å². The Bertz CT molecular complexity index is 455. The normalized spacial score (nSPS) is 10.8. The molecule has 0 aliphatic heterocycles. The lowest BCUT2D eigenvalue weighted by molar-refractivity contribution is -0.137. The predicted molar refractivity (Wildman–Crippen MR) is 80.3 cm³/mol. The van der Waals surface area contributed by atoms with E-state index in [0.29, 0.717) is 12.2 Å². The molecular formula is C15H25N3O3. The molecule has 1 amide bonds. The number of unbranched alkanes of at least 4 members (excludes halogenated alkanes) is 4. The minimum atomic E-state index is -0.733. The summed E-state index contributed by atoms with van der Waals surface area (Å²) in [5.74, 6) is -0.872. The smallest absolute Gasteiger partial charge is 0.303 e. The van der Waals surface area contributed by atoms with Crippen LogP contribution in [0.3, 0.4) is 0 Å². The molecule has 0 fully saturated rings. The van der Waals surface area contributed by atoms with Crippen LogP contribution in [0.1, 0.15) is 68.9 Å². The van der Waals surface area contributed by atoms with Crippen LogP contribution < -0.4 is 5.32 Å². The minimum Gasteiger partial charge on any atom is -0.481 e. The van der Waals surface area contributed by atoms with Crippen molar-refractivity contribution >= 4 is 11.9 Å². The fourth-order valence-electron chi connectivity index (χ4n) is 1.97. The van der Waals surface area contributed by atoms with Crippen LogP contribution in [-0.4, -0.2) is 33.3 Å². The van der Waals surface area contributed by atoms with Crippen molar-refractivity contribution in [3.63, 3.8) is 0 Å². The molecule has 2 N–H and O–H groups in total. The van der Waals surface area contributed by atoms with Gasteiger partial charge in [-0.2, -0.15) is 5.10 Å². The molecule has 6 nitrogen and oxygen atoms in total. The molecule has 1 aromatic heterocycles. The Morgan fingerprint density at radius 2 is 1.90 bits per heavy atom. The number of rotatable bonds is 10. The molecule has 0 spiro atoms. The molecule has 0 bridgehead atoms. The molecule has 21 heavy (non-hydrogen) atoms. The van der Waals surface area contributed by atoms with E-state index in [1.807, 2.05) is 20.0 Å². The summed E-state index contributed by atoms with van der Waals surface area (Å²) in [6.45, 7) is 4.66. The highest BCUT2D eigenvalue weighted by molar-refractivity contribution is 5.92. The first-order chi connectivity index (χ1) is 10.0. The molecule has 0 aliphatic rings. The van der Waals surface area contributed by atoms with E-state index in [4.69, 9.17) is 5.11 Å². The van der Waals surface area contributed by atoms with Crippen LogP contribution in [0.5, 0.6) is 0 Å². The average molecular weight is 295 g/mol. The van der Waals surface area contributed by atoms with E-state index in [2.05, 4.69) is 10.4 Å². The summed E-state index contributed by atoms with van der Waals surface area (Å²) >= 11 is 0. The largest absolute Gasteiger partial charge is 0.481 e. The number of hydrogen-bond donors (Lipinski definition) is 2.